The molecule has 4 rings (SSSR count). The van der Waals surface area contributed by atoms with Crippen LogP contribution < -0.4 is 10.2 Å². The fraction of sp³-hybridized carbons (Fsp3) is 0.389. The minimum atomic E-state index is -0.457. The maximum atomic E-state index is 12.5. The number of piperidine rings is 1. The maximum absolute atomic E-state index is 12.5. The predicted octanol–water partition coefficient (Wildman–Crippen LogP) is 4.29. The molecule has 0 radical (unpaired) electrons. The Kier molecular flexibility index (Phi) is 4.96. The van der Waals surface area contributed by atoms with Gasteiger partial charge in [-0.15, -0.1) is 0 Å². The molecule has 1 aromatic heterocycles. The molecule has 1 aromatic carbocycles. The Morgan fingerprint density at radius 1 is 1.15 bits per heavy atom. The Morgan fingerprint density at radius 2 is 1.88 bits per heavy atom. The average molecular weight is 442 g/mol. The van der Waals surface area contributed by atoms with Gasteiger partial charge in [-0.2, -0.15) is 0 Å². The molecule has 0 unspecified atom stereocenters. The lowest BCUT2D eigenvalue weighted by Gasteiger charge is -2.39. The molecule has 2 fully saturated rings. The van der Waals surface area contributed by atoms with E-state index in [-0.39, 0.29) is 11.7 Å². The largest absolute Gasteiger partial charge is 0.444 e. The summed E-state index contributed by atoms with van der Waals surface area (Å²) in [5.41, 5.74) is 1.46. The van der Waals surface area contributed by atoms with E-state index in [1.54, 1.807) is 12.1 Å². The first-order chi connectivity index (χ1) is 12.6. The van der Waals surface area contributed by atoms with E-state index in [0.717, 1.165) is 31.6 Å². The van der Waals surface area contributed by atoms with E-state index in [9.17, 15) is 4.79 Å². The van der Waals surface area contributed by atoms with Crippen molar-refractivity contribution in [1.82, 2.24) is 0 Å². The first-order valence-corrected chi connectivity index (χ1v) is 9.61. The highest BCUT2D eigenvalue weighted by atomic mass is 79.9. The van der Waals surface area contributed by atoms with Crippen molar-refractivity contribution in [2.45, 2.75) is 18.6 Å². The van der Waals surface area contributed by atoms with E-state index in [1.165, 1.54) is 0 Å². The van der Waals surface area contributed by atoms with Crippen LogP contribution >= 0.6 is 27.5 Å². The number of benzene rings is 1. The fourth-order valence-corrected chi connectivity index (χ4v) is 4.02. The summed E-state index contributed by atoms with van der Waals surface area (Å²) >= 11 is 9.67. The number of hydrogen-bond donors (Lipinski definition) is 1. The lowest BCUT2D eigenvalue weighted by Crippen LogP contribution is -2.45. The number of furan rings is 1. The van der Waals surface area contributed by atoms with Crippen molar-refractivity contribution < 1.29 is 18.7 Å². The molecule has 0 bridgehead atoms. The van der Waals surface area contributed by atoms with Crippen molar-refractivity contribution in [3.05, 3.63) is 45.8 Å². The van der Waals surface area contributed by atoms with Gasteiger partial charge in [0.05, 0.1) is 29.6 Å². The zero-order chi connectivity index (χ0) is 18.1. The van der Waals surface area contributed by atoms with E-state index >= 15 is 0 Å². The highest BCUT2D eigenvalue weighted by Gasteiger charge is 2.40. The highest BCUT2D eigenvalue weighted by Crippen LogP contribution is 2.39. The number of para-hydroxylation sites is 1. The fourth-order valence-electron chi connectivity index (χ4n) is 3.41. The number of anilines is 2. The van der Waals surface area contributed by atoms with Gasteiger partial charge in [-0.05, 0) is 40.2 Å². The SMILES string of the molecule is O=C(Nc1cccc(Cl)c1N1CCC2(CC1)OCCO2)c1ccc(Br)o1. The van der Waals surface area contributed by atoms with Crippen LogP contribution in [0.4, 0.5) is 11.4 Å². The third-order valence-electron chi connectivity index (χ3n) is 4.69. The Morgan fingerprint density at radius 3 is 2.54 bits per heavy atom. The molecule has 26 heavy (non-hydrogen) atoms. The molecule has 1 spiro atoms. The lowest BCUT2D eigenvalue weighted by molar-refractivity contribution is -0.169. The van der Waals surface area contributed by atoms with Crippen LogP contribution in [0.5, 0.6) is 0 Å². The van der Waals surface area contributed by atoms with Crippen LogP contribution in [0.1, 0.15) is 23.4 Å². The monoisotopic (exact) mass is 440 g/mol. The predicted molar refractivity (Wildman–Crippen MR) is 102 cm³/mol. The molecule has 1 N–H and O–H groups in total. The third-order valence-corrected chi connectivity index (χ3v) is 5.42. The van der Waals surface area contributed by atoms with Crippen LogP contribution in [0.2, 0.25) is 5.02 Å². The molecule has 8 heteroatoms. The second-order valence-corrected chi connectivity index (χ2v) is 7.48. The molecule has 2 aliphatic rings. The van der Waals surface area contributed by atoms with Crippen LogP contribution in [0.3, 0.4) is 0 Å². The number of nitrogens with one attached hydrogen (secondary N) is 1. The van der Waals surface area contributed by atoms with Crippen LogP contribution in [0, 0.1) is 0 Å². The third kappa shape index (κ3) is 3.49. The number of ether oxygens (including phenoxy) is 2. The normalized spacial score (nSPS) is 19.1. The van der Waals surface area contributed by atoms with Gasteiger partial charge in [-0.1, -0.05) is 17.7 Å². The molecule has 2 aromatic rings. The molecule has 2 aliphatic heterocycles. The first-order valence-electron chi connectivity index (χ1n) is 8.44. The number of rotatable bonds is 3. The van der Waals surface area contributed by atoms with Gasteiger partial charge in [-0.3, -0.25) is 4.79 Å². The van der Waals surface area contributed by atoms with Gasteiger partial charge in [0.15, 0.2) is 16.2 Å². The highest BCUT2D eigenvalue weighted by molar-refractivity contribution is 9.10. The van der Waals surface area contributed by atoms with Gasteiger partial charge in [-0.25, -0.2) is 0 Å². The number of amides is 1. The Labute approximate surface area is 164 Å². The van der Waals surface area contributed by atoms with Gasteiger partial charge in [0.2, 0.25) is 0 Å². The number of halogens is 2. The van der Waals surface area contributed by atoms with Gasteiger partial charge < -0.3 is 24.1 Å². The molecular weight excluding hydrogens is 424 g/mol. The molecule has 0 aliphatic carbocycles. The maximum Gasteiger partial charge on any atom is 0.291 e. The number of nitrogens with zero attached hydrogens (tertiary/aromatic N) is 1. The van der Waals surface area contributed by atoms with E-state index in [1.807, 2.05) is 18.2 Å². The summed E-state index contributed by atoms with van der Waals surface area (Å²) in [4.78, 5) is 14.6. The summed E-state index contributed by atoms with van der Waals surface area (Å²) in [6.45, 7) is 2.76. The van der Waals surface area contributed by atoms with Crippen molar-refractivity contribution in [1.29, 1.82) is 0 Å². The Balaban J connectivity index is 1.54. The number of carbonyl (C=O) groups excluding carboxylic acids is 1. The summed E-state index contributed by atoms with van der Waals surface area (Å²) in [7, 11) is 0. The molecule has 2 saturated heterocycles. The van der Waals surface area contributed by atoms with Crippen LogP contribution in [0.15, 0.2) is 39.4 Å². The first kappa shape index (κ1) is 17.9. The minimum absolute atomic E-state index is 0.230. The summed E-state index contributed by atoms with van der Waals surface area (Å²) in [5, 5.41) is 3.49. The van der Waals surface area contributed by atoms with E-state index < -0.39 is 5.79 Å². The smallest absolute Gasteiger partial charge is 0.291 e. The van der Waals surface area contributed by atoms with Gasteiger partial charge >= 0.3 is 0 Å². The van der Waals surface area contributed by atoms with Crippen molar-refractivity contribution >= 4 is 44.8 Å². The van der Waals surface area contributed by atoms with Gasteiger partial charge in [0, 0.05) is 25.9 Å². The van der Waals surface area contributed by atoms with Crippen molar-refractivity contribution in [2.24, 2.45) is 0 Å². The lowest BCUT2D eigenvalue weighted by atomic mass is 10.0. The van der Waals surface area contributed by atoms with Crippen LogP contribution in [-0.2, 0) is 9.47 Å². The van der Waals surface area contributed by atoms with Crippen LogP contribution in [-0.4, -0.2) is 38.0 Å². The van der Waals surface area contributed by atoms with Crippen molar-refractivity contribution in [2.75, 3.05) is 36.5 Å². The van der Waals surface area contributed by atoms with E-state index in [2.05, 4.69) is 26.1 Å². The molecule has 138 valence electrons. The van der Waals surface area contributed by atoms with Gasteiger partial charge in [0.1, 0.15) is 0 Å². The minimum Gasteiger partial charge on any atom is -0.444 e. The molecule has 0 saturated carbocycles. The summed E-state index contributed by atoms with van der Waals surface area (Å²) in [5.74, 6) is -0.551. The second-order valence-electron chi connectivity index (χ2n) is 6.29. The molecule has 0 atom stereocenters. The second kappa shape index (κ2) is 7.23. The van der Waals surface area contributed by atoms with Crippen molar-refractivity contribution in [3.63, 3.8) is 0 Å². The zero-order valence-electron chi connectivity index (χ0n) is 14.0. The average Bonchev–Trinajstić information content (AvgIpc) is 3.26. The Hall–Kier alpha value is -1.54. The molecule has 1 amide bonds. The molecule has 6 nitrogen and oxygen atoms in total. The number of hydrogen-bond acceptors (Lipinski definition) is 5. The Bertz CT molecular complexity index is 809. The van der Waals surface area contributed by atoms with E-state index in [4.69, 9.17) is 25.5 Å². The summed E-state index contributed by atoms with van der Waals surface area (Å²) < 4.78 is 17.4. The zero-order valence-corrected chi connectivity index (χ0v) is 16.3. The van der Waals surface area contributed by atoms with Crippen LogP contribution in [0.25, 0.3) is 0 Å². The molecule has 3 heterocycles. The quantitative estimate of drug-likeness (QED) is 0.770. The van der Waals surface area contributed by atoms with Crippen molar-refractivity contribution in [3.8, 4) is 0 Å². The standard InChI is InChI=1S/C18H18BrClN2O4/c19-15-5-4-14(26-15)17(23)21-13-3-1-2-12(20)16(13)22-8-6-18(7-9-22)24-10-11-25-18/h1-5H,6-11H2,(H,21,23). The summed E-state index contributed by atoms with van der Waals surface area (Å²) in [6.07, 6.45) is 1.52. The van der Waals surface area contributed by atoms with E-state index in [0.29, 0.717) is 28.6 Å². The topological polar surface area (TPSA) is 63.9 Å². The number of carbonyl (C=O) groups is 1. The molecular formula is C18H18BrClN2O4. The van der Waals surface area contributed by atoms with Gasteiger partial charge in [0.25, 0.3) is 5.91 Å². The summed E-state index contributed by atoms with van der Waals surface area (Å²) in [6, 6.07) is 8.77.